The van der Waals surface area contributed by atoms with Crippen LogP contribution in [0.25, 0.3) is 11.3 Å². The van der Waals surface area contributed by atoms with E-state index in [-0.39, 0.29) is 6.04 Å². The molecular formula is C16H19N5. The summed E-state index contributed by atoms with van der Waals surface area (Å²) in [4.78, 5) is 7.74. The second-order valence-electron chi connectivity index (χ2n) is 5.05. The summed E-state index contributed by atoms with van der Waals surface area (Å²) in [6.07, 6.45) is 6.38. The Balaban J connectivity index is 1.73. The molecule has 2 heterocycles. The summed E-state index contributed by atoms with van der Waals surface area (Å²) in [5.74, 6) is 0.894. The van der Waals surface area contributed by atoms with Crippen LogP contribution in [-0.4, -0.2) is 19.7 Å². The molecule has 3 rings (SSSR count). The molecule has 0 aliphatic rings. The average molecular weight is 281 g/mol. The van der Waals surface area contributed by atoms with Gasteiger partial charge in [-0.15, -0.1) is 0 Å². The summed E-state index contributed by atoms with van der Waals surface area (Å²) in [7, 11) is 0. The zero-order valence-electron chi connectivity index (χ0n) is 12.0. The first-order chi connectivity index (χ1) is 10.3. The number of imidazole rings is 1. The lowest BCUT2D eigenvalue weighted by Crippen LogP contribution is -2.13. The van der Waals surface area contributed by atoms with Crippen LogP contribution in [0.15, 0.2) is 48.9 Å². The van der Waals surface area contributed by atoms with Crippen molar-refractivity contribution in [3.05, 3.63) is 60.3 Å². The van der Waals surface area contributed by atoms with E-state index in [2.05, 4.69) is 22.0 Å². The Bertz CT molecular complexity index is 698. The zero-order valence-corrected chi connectivity index (χ0v) is 12.0. The van der Waals surface area contributed by atoms with Crippen LogP contribution in [0.1, 0.15) is 24.4 Å². The molecule has 21 heavy (non-hydrogen) atoms. The van der Waals surface area contributed by atoms with Gasteiger partial charge in [-0.1, -0.05) is 30.3 Å². The third-order valence-corrected chi connectivity index (χ3v) is 3.54. The van der Waals surface area contributed by atoms with Gasteiger partial charge in [0.2, 0.25) is 0 Å². The molecule has 3 aromatic rings. The number of rotatable bonds is 5. The predicted molar refractivity (Wildman–Crippen MR) is 82.6 cm³/mol. The molecule has 5 heteroatoms. The Labute approximate surface area is 123 Å². The topological polar surface area (TPSA) is 72.5 Å². The van der Waals surface area contributed by atoms with E-state index in [4.69, 9.17) is 5.73 Å². The lowest BCUT2D eigenvalue weighted by Gasteiger charge is -2.09. The van der Waals surface area contributed by atoms with E-state index < -0.39 is 0 Å². The summed E-state index contributed by atoms with van der Waals surface area (Å²) in [6, 6.07) is 10.0. The normalized spacial score (nSPS) is 12.5. The number of nitrogens with two attached hydrogens (primary N) is 1. The first-order valence-corrected chi connectivity index (χ1v) is 7.13. The van der Waals surface area contributed by atoms with Crippen molar-refractivity contribution in [1.82, 2.24) is 19.7 Å². The van der Waals surface area contributed by atoms with Crippen molar-refractivity contribution in [2.24, 2.45) is 5.73 Å². The molecule has 0 radical (unpaired) electrons. The molecule has 1 aromatic carbocycles. The molecule has 0 saturated carbocycles. The van der Waals surface area contributed by atoms with Crippen LogP contribution in [0.2, 0.25) is 0 Å². The molecule has 0 spiro atoms. The highest BCUT2D eigenvalue weighted by molar-refractivity contribution is 5.56. The minimum atomic E-state index is -0.0523. The maximum atomic E-state index is 6.22. The number of aryl methyl sites for hydroxylation is 1. The van der Waals surface area contributed by atoms with Crippen LogP contribution in [0, 0.1) is 0 Å². The number of aromatic nitrogens is 4. The van der Waals surface area contributed by atoms with Gasteiger partial charge < -0.3 is 10.7 Å². The molecule has 1 atom stereocenters. The quantitative estimate of drug-likeness (QED) is 0.755. The van der Waals surface area contributed by atoms with E-state index >= 15 is 0 Å². The fourth-order valence-electron chi connectivity index (χ4n) is 2.31. The highest BCUT2D eigenvalue weighted by Gasteiger charge is 2.10. The fraction of sp³-hybridized carbons (Fsp3) is 0.250. The van der Waals surface area contributed by atoms with E-state index in [0.29, 0.717) is 6.42 Å². The Kier molecular flexibility index (Phi) is 3.83. The standard InChI is InChI=1S/C16H19N5/c1-2-21-11-13(9-19-21)15-10-18-16(20-15)8-14(17)12-6-4-3-5-7-12/h3-7,9-11,14H,2,8,17H2,1H3,(H,18,20). The molecule has 0 fully saturated rings. The maximum absolute atomic E-state index is 6.22. The van der Waals surface area contributed by atoms with Crippen LogP contribution >= 0.6 is 0 Å². The van der Waals surface area contributed by atoms with Gasteiger partial charge in [0.15, 0.2) is 0 Å². The maximum Gasteiger partial charge on any atom is 0.108 e. The van der Waals surface area contributed by atoms with Gasteiger partial charge in [-0.05, 0) is 12.5 Å². The Morgan fingerprint density at radius 3 is 2.76 bits per heavy atom. The first kappa shape index (κ1) is 13.6. The Morgan fingerprint density at radius 2 is 2.05 bits per heavy atom. The minimum Gasteiger partial charge on any atom is -0.342 e. The van der Waals surface area contributed by atoms with Crippen LogP contribution in [0.5, 0.6) is 0 Å². The molecule has 1 unspecified atom stereocenters. The molecule has 0 saturated heterocycles. The molecular weight excluding hydrogens is 262 g/mol. The van der Waals surface area contributed by atoms with E-state index in [1.165, 1.54) is 0 Å². The van der Waals surface area contributed by atoms with Gasteiger partial charge in [0, 0.05) is 30.8 Å². The molecule has 0 aliphatic carbocycles. The van der Waals surface area contributed by atoms with Gasteiger partial charge >= 0.3 is 0 Å². The summed E-state index contributed by atoms with van der Waals surface area (Å²) in [5, 5.41) is 4.27. The zero-order chi connectivity index (χ0) is 14.7. The predicted octanol–water partition coefficient (Wildman–Crippen LogP) is 2.54. The monoisotopic (exact) mass is 281 g/mol. The van der Waals surface area contributed by atoms with Crippen molar-refractivity contribution in [3.8, 4) is 11.3 Å². The number of benzene rings is 1. The van der Waals surface area contributed by atoms with Gasteiger partial charge in [0.1, 0.15) is 5.82 Å². The van der Waals surface area contributed by atoms with E-state index in [1.54, 1.807) is 0 Å². The van der Waals surface area contributed by atoms with Crippen molar-refractivity contribution in [2.45, 2.75) is 25.9 Å². The number of nitrogens with zero attached hydrogens (tertiary/aromatic N) is 3. The number of nitrogens with one attached hydrogen (secondary N) is 1. The van der Waals surface area contributed by atoms with Crippen LogP contribution in [0.4, 0.5) is 0 Å². The summed E-state index contributed by atoms with van der Waals surface area (Å²) in [5.41, 5.74) is 9.37. The van der Waals surface area contributed by atoms with Crippen molar-refractivity contribution < 1.29 is 0 Å². The number of H-pyrrole nitrogens is 1. The van der Waals surface area contributed by atoms with Gasteiger partial charge in [0.25, 0.3) is 0 Å². The number of hydrogen-bond donors (Lipinski definition) is 2. The number of hydrogen-bond acceptors (Lipinski definition) is 3. The average Bonchev–Trinajstić information content (AvgIpc) is 3.16. The Hall–Kier alpha value is -2.40. The molecule has 0 bridgehead atoms. The lowest BCUT2D eigenvalue weighted by molar-refractivity contribution is 0.660. The fourth-order valence-corrected chi connectivity index (χ4v) is 2.31. The summed E-state index contributed by atoms with van der Waals surface area (Å²) >= 11 is 0. The molecule has 0 aliphatic heterocycles. The molecule has 5 nitrogen and oxygen atoms in total. The van der Waals surface area contributed by atoms with E-state index in [1.807, 2.05) is 53.6 Å². The number of aromatic amines is 1. The van der Waals surface area contributed by atoms with Crippen LogP contribution in [-0.2, 0) is 13.0 Å². The van der Waals surface area contributed by atoms with Gasteiger partial charge in [-0.25, -0.2) is 4.98 Å². The summed E-state index contributed by atoms with van der Waals surface area (Å²) < 4.78 is 1.89. The molecule has 0 amide bonds. The third-order valence-electron chi connectivity index (χ3n) is 3.54. The smallest absolute Gasteiger partial charge is 0.108 e. The van der Waals surface area contributed by atoms with E-state index in [0.717, 1.165) is 29.2 Å². The lowest BCUT2D eigenvalue weighted by atomic mass is 10.0. The van der Waals surface area contributed by atoms with Crippen molar-refractivity contribution >= 4 is 0 Å². The summed E-state index contributed by atoms with van der Waals surface area (Å²) in [6.45, 7) is 2.92. The first-order valence-electron chi connectivity index (χ1n) is 7.13. The SMILES string of the molecule is CCn1cc(-c2cnc(CC(N)c3ccccc3)[nH]2)cn1. The molecule has 108 valence electrons. The molecule has 3 N–H and O–H groups in total. The van der Waals surface area contributed by atoms with E-state index in [9.17, 15) is 0 Å². The van der Waals surface area contributed by atoms with Crippen LogP contribution < -0.4 is 5.73 Å². The molecule has 2 aromatic heterocycles. The highest BCUT2D eigenvalue weighted by atomic mass is 15.3. The highest BCUT2D eigenvalue weighted by Crippen LogP contribution is 2.19. The van der Waals surface area contributed by atoms with Gasteiger partial charge in [-0.3, -0.25) is 4.68 Å². The Morgan fingerprint density at radius 1 is 1.24 bits per heavy atom. The second-order valence-corrected chi connectivity index (χ2v) is 5.05. The van der Waals surface area contributed by atoms with Crippen molar-refractivity contribution in [2.75, 3.05) is 0 Å². The van der Waals surface area contributed by atoms with Crippen molar-refractivity contribution in [1.29, 1.82) is 0 Å². The van der Waals surface area contributed by atoms with Gasteiger partial charge in [-0.2, -0.15) is 5.10 Å². The van der Waals surface area contributed by atoms with Crippen molar-refractivity contribution in [3.63, 3.8) is 0 Å². The largest absolute Gasteiger partial charge is 0.342 e. The van der Waals surface area contributed by atoms with Crippen LogP contribution in [0.3, 0.4) is 0 Å². The third kappa shape index (κ3) is 3.03. The van der Waals surface area contributed by atoms with Gasteiger partial charge in [0.05, 0.1) is 18.1 Å². The second kappa shape index (κ2) is 5.93. The minimum absolute atomic E-state index is 0.0523.